The van der Waals surface area contributed by atoms with Gasteiger partial charge >= 0.3 is 0 Å². The van der Waals surface area contributed by atoms with Gasteiger partial charge in [0.1, 0.15) is 0 Å². The fourth-order valence-electron chi connectivity index (χ4n) is 4.48. The lowest BCUT2D eigenvalue weighted by Gasteiger charge is -2.24. The van der Waals surface area contributed by atoms with E-state index in [0.29, 0.717) is 23.9 Å². The van der Waals surface area contributed by atoms with E-state index in [1.807, 2.05) is 13.2 Å². The molecule has 0 radical (unpaired) electrons. The minimum Gasteiger partial charge on any atom is -0.334 e. The van der Waals surface area contributed by atoms with Crippen molar-refractivity contribution in [1.29, 1.82) is 0 Å². The van der Waals surface area contributed by atoms with Crippen LogP contribution in [0.1, 0.15) is 42.6 Å². The summed E-state index contributed by atoms with van der Waals surface area (Å²) in [5.74, 6) is 1.74. The third-order valence-corrected chi connectivity index (χ3v) is 5.59. The number of hydrogen-bond acceptors (Lipinski definition) is 5. The maximum atomic E-state index is 5.53. The lowest BCUT2D eigenvalue weighted by Crippen LogP contribution is -2.27. The molecule has 0 unspecified atom stereocenters. The molecule has 2 aliphatic heterocycles. The van der Waals surface area contributed by atoms with E-state index in [0.717, 1.165) is 24.4 Å². The molecule has 1 aromatic carbocycles. The third-order valence-electron chi connectivity index (χ3n) is 5.59. The molecule has 6 heteroatoms. The summed E-state index contributed by atoms with van der Waals surface area (Å²) in [6.07, 6.45) is 7.18. The van der Waals surface area contributed by atoms with Crippen molar-refractivity contribution in [3.63, 3.8) is 0 Å². The molecule has 2 aliphatic rings. The fourth-order valence-corrected chi connectivity index (χ4v) is 4.48. The molecule has 0 amide bonds. The Labute approximate surface area is 146 Å². The van der Waals surface area contributed by atoms with Gasteiger partial charge in [-0.15, -0.1) is 0 Å². The number of aromatic nitrogens is 4. The summed E-state index contributed by atoms with van der Waals surface area (Å²) >= 11 is 0. The first kappa shape index (κ1) is 14.8. The van der Waals surface area contributed by atoms with E-state index in [1.54, 1.807) is 10.9 Å². The fraction of sp³-hybridized carbons (Fsp3) is 0.421. The van der Waals surface area contributed by atoms with E-state index < -0.39 is 0 Å². The Bertz CT molecular complexity index is 871. The Balaban J connectivity index is 1.45. The predicted molar refractivity (Wildman–Crippen MR) is 92.8 cm³/mol. The van der Waals surface area contributed by atoms with Crippen LogP contribution >= 0.6 is 0 Å². The highest BCUT2D eigenvalue weighted by atomic mass is 16.5. The number of fused-ring (bicyclic) bond motifs is 1. The van der Waals surface area contributed by atoms with Gasteiger partial charge in [0.25, 0.3) is 5.89 Å². The van der Waals surface area contributed by atoms with Gasteiger partial charge in [-0.25, -0.2) is 0 Å². The molecule has 5 rings (SSSR count). The van der Waals surface area contributed by atoms with Crippen molar-refractivity contribution in [3.8, 4) is 11.5 Å². The van der Waals surface area contributed by atoms with Crippen LogP contribution < -0.4 is 0 Å². The van der Waals surface area contributed by atoms with E-state index in [2.05, 4.69) is 45.5 Å². The van der Waals surface area contributed by atoms with Crippen LogP contribution in [0.25, 0.3) is 11.5 Å². The van der Waals surface area contributed by atoms with Gasteiger partial charge in [-0.3, -0.25) is 9.58 Å². The molecule has 0 spiro atoms. The summed E-state index contributed by atoms with van der Waals surface area (Å²) in [6.45, 7) is 1.16. The SMILES string of the molecule is Cn1cc(-c2nc([C@@H]3C[C@H](c4ccccc4)N4CCC[C@@H]34)no2)cn1. The van der Waals surface area contributed by atoms with Crippen molar-refractivity contribution in [3.05, 3.63) is 54.1 Å². The van der Waals surface area contributed by atoms with Crippen LogP contribution in [0.4, 0.5) is 0 Å². The van der Waals surface area contributed by atoms with Crippen LogP contribution in [0, 0.1) is 0 Å². The largest absolute Gasteiger partial charge is 0.334 e. The molecule has 2 fully saturated rings. The first-order chi connectivity index (χ1) is 12.3. The molecule has 128 valence electrons. The van der Waals surface area contributed by atoms with Gasteiger partial charge in [-0.05, 0) is 31.4 Å². The standard InChI is InChI=1S/C19H21N5O/c1-23-12-14(11-20-23)19-21-18(22-25-19)15-10-17(13-6-3-2-4-7-13)24-9-5-8-16(15)24/h2-4,6-7,11-12,15-17H,5,8-10H2,1H3/t15-,16+,17-/m1/s1. The number of benzene rings is 1. The molecule has 0 aliphatic carbocycles. The summed E-state index contributed by atoms with van der Waals surface area (Å²) in [7, 11) is 1.89. The highest BCUT2D eigenvalue weighted by molar-refractivity contribution is 5.49. The Morgan fingerprint density at radius 2 is 2.08 bits per heavy atom. The summed E-state index contributed by atoms with van der Waals surface area (Å²) in [5, 5.41) is 8.51. The van der Waals surface area contributed by atoms with Crippen molar-refractivity contribution in [1.82, 2.24) is 24.8 Å². The minimum absolute atomic E-state index is 0.335. The number of nitrogens with zero attached hydrogens (tertiary/aromatic N) is 5. The van der Waals surface area contributed by atoms with Gasteiger partial charge < -0.3 is 4.52 Å². The van der Waals surface area contributed by atoms with Crippen LogP contribution in [-0.2, 0) is 7.05 Å². The third kappa shape index (κ3) is 2.48. The summed E-state index contributed by atoms with van der Waals surface area (Å²) < 4.78 is 7.28. The maximum Gasteiger partial charge on any atom is 0.261 e. The molecule has 4 heterocycles. The molecular formula is C19H21N5O. The summed E-state index contributed by atoms with van der Waals surface area (Å²) in [4.78, 5) is 7.35. The van der Waals surface area contributed by atoms with Crippen molar-refractivity contribution >= 4 is 0 Å². The maximum absolute atomic E-state index is 5.53. The summed E-state index contributed by atoms with van der Waals surface area (Å²) in [5.41, 5.74) is 2.27. The van der Waals surface area contributed by atoms with Gasteiger partial charge in [-0.2, -0.15) is 10.1 Å². The van der Waals surface area contributed by atoms with Crippen molar-refractivity contribution in [2.45, 2.75) is 37.3 Å². The normalized spacial score (nSPS) is 26.2. The Morgan fingerprint density at radius 3 is 2.88 bits per heavy atom. The van der Waals surface area contributed by atoms with Gasteiger partial charge in [0.15, 0.2) is 5.82 Å². The van der Waals surface area contributed by atoms with Crippen molar-refractivity contribution < 1.29 is 4.52 Å². The molecule has 0 bridgehead atoms. The first-order valence-corrected chi connectivity index (χ1v) is 8.93. The van der Waals surface area contributed by atoms with Crippen molar-refractivity contribution in [2.75, 3.05) is 6.54 Å². The van der Waals surface area contributed by atoms with E-state index in [1.165, 1.54) is 18.4 Å². The van der Waals surface area contributed by atoms with Gasteiger partial charge in [0.2, 0.25) is 0 Å². The smallest absolute Gasteiger partial charge is 0.261 e. The quantitative estimate of drug-likeness (QED) is 0.736. The average molecular weight is 335 g/mol. The van der Waals surface area contributed by atoms with Gasteiger partial charge in [0, 0.05) is 31.2 Å². The van der Waals surface area contributed by atoms with Crippen LogP contribution in [0.2, 0.25) is 0 Å². The van der Waals surface area contributed by atoms with E-state index in [4.69, 9.17) is 9.51 Å². The average Bonchev–Trinajstić information content (AvgIpc) is 3.39. The zero-order chi connectivity index (χ0) is 16.8. The van der Waals surface area contributed by atoms with Gasteiger partial charge in [-0.1, -0.05) is 35.5 Å². The topological polar surface area (TPSA) is 60.0 Å². The number of hydrogen-bond donors (Lipinski definition) is 0. The Morgan fingerprint density at radius 1 is 1.20 bits per heavy atom. The van der Waals surface area contributed by atoms with Crippen molar-refractivity contribution in [2.24, 2.45) is 7.05 Å². The lowest BCUT2D eigenvalue weighted by molar-refractivity contribution is 0.243. The van der Waals surface area contributed by atoms with E-state index >= 15 is 0 Å². The Hall–Kier alpha value is -2.47. The highest BCUT2D eigenvalue weighted by Gasteiger charge is 2.46. The second-order valence-corrected chi connectivity index (χ2v) is 7.08. The molecule has 0 saturated carbocycles. The second-order valence-electron chi connectivity index (χ2n) is 7.08. The zero-order valence-electron chi connectivity index (χ0n) is 14.2. The van der Waals surface area contributed by atoms with Crippen LogP contribution in [0.3, 0.4) is 0 Å². The number of aryl methyl sites for hydroxylation is 1. The molecule has 25 heavy (non-hydrogen) atoms. The number of rotatable bonds is 3. The molecule has 0 N–H and O–H groups in total. The van der Waals surface area contributed by atoms with Crippen LogP contribution in [-0.4, -0.2) is 37.4 Å². The zero-order valence-corrected chi connectivity index (χ0v) is 14.2. The molecule has 3 atom stereocenters. The highest BCUT2D eigenvalue weighted by Crippen LogP contribution is 2.48. The molecule has 6 nitrogen and oxygen atoms in total. The first-order valence-electron chi connectivity index (χ1n) is 8.93. The van der Waals surface area contributed by atoms with Crippen LogP contribution in [0.15, 0.2) is 47.2 Å². The van der Waals surface area contributed by atoms with E-state index in [-0.39, 0.29) is 0 Å². The second kappa shape index (κ2) is 5.81. The summed E-state index contributed by atoms with van der Waals surface area (Å²) in [6, 6.07) is 11.8. The van der Waals surface area contributed by atoms with E-state index in [9.17, 15) is 0 Å². The lowest BCUT2D eigenvalue weighted by atomic mass is 9.94. The molecule has 3 aromatic rings. The Kier molecular flexibility index (Phi) is 3.45. The monoisotopic (exact) mass is 335 g/mol. The molecule has 2 saturated heterocycles. The predicted octanol–water partition coefficient (Wildman–Crippen LogP) is 3.16. The minimum atomic E-state index is 0.335. The van der Waals surface area contributed by atoms with Crippen LogP contribution in [0.5, 0.6) is 0 Å². The molecular weight excluding hydrogens is 314 g/mol. The van der Waals surface area contributed by atoms with Gasteiger partial charge in [0.05, 0.1) is 11.8 Å². The molecule has 2 aromatic heterocycles.